The number of nitrogens with zero attached hydrogens (tertiary/aromatic N) is 2. The van der Waals surface area contributed by atoms with E-state index in [9.17, 15) is 0 Å². The van der Waals surface area contributed by atoms with Gasteiger partial charge in [-0.15, -0.1) is 0 Å². The average molecular weight is 276 g/mol. The Kier molecular flexibility index (Phi) is 3.92. The molecule has 1 saturated carbocycles. The molecule has 5 nitrogen and oxygen atoms in total. The summed E-state index contributed by atoms with van der Waals surface area (Å²) in [6.45, 7) is 3.54. The zero-order valence-electron chi connectivity index (χ0n) is 11.9. The smallest absolute Gasteiger partial charge is 0.128 e. The Labute approximate surface area is 120 Å². The van der Waals surface area contributed by atoms with Gasteiger partial charge in [0, 0.05) is 30.4 Å². The molecule has 1 atom stereocenters. The number of ether oxygens (including phenoxy) is 1. The number of rotatable bonds is 3. The first-order valence-electron chi connectivity index (χ1n) is 7.53. The Morgan fingerprint density at radius 1 is 1.25 bits per heavy atom. The lowest BCUT2D eigenvalue weighted by molar-refractivity contribution is -0.0310. The van der Waals surface area contributed by atoms with Crippen LogP contribution in [-0.2, 0) is 4.74 Å². The van der Waals surface area contributed by atoms with Gasteiger partial charge < -0.3 is 16.2 Å². The largest absolute Gasteiger partial charge is 0.383 e. The number of hydrogen-bond donors (Lipinski definition) is 2. The van der Waals surface area contributed by atoms with Crippen LogP contribution in [0.2, 0.25) is 0 Å². The molecule has 1 saturated heterocycles. The minimum absolute atomic E-state index is 0.0287. The Morgan fingerprint density at radius 2 is 1.95 bits per heavy atom. The zero-order chi connectivity index (χ0) is 14.0. The normalized spacial score (nSPS) is 24.6. The van der Waals surface area contributed by atoms with E-state index in [2.05, 4.69) is 9.88 Å². The predicted molar refractivity (Wildman–Crippen MR) is 79.2 cm³/mol. The number of anilines is 1. The SMILES string of the molecule is Nc1ncccc1C(N)C1(N2CCOCC2)CCCC1. The molecule has 1 aliphatic carbocycles. The molecular weight excluding hydrogens is 252 g/mol. The van der Waals surface area contributed by atoms with Crippen LogP contribution in [-0.4, -0.2) is 41.7 Å². The maximum atomic E-state index is 6.66. The number of hydrogen-bond acceptors (Lipinski definition) is 5. The van der Waals surface area contributed by atoms with Gasteiger partial charge in [0.1, 0.15) is 5.82 Å². The van der Waals surface area contributed by atoms with Gasteiger partial charge in [0.2, 0.25) is 0 Å². The van der Waals surface area contributed by atoms with Crippen molar-refractivity contribution in [2.24, 2.45) is 5.73 Å². The molecule has 0 amide bonds. The third-order valence-electron chi connectivity index (χ3n) is 4.90. The van der Waals surface area contributed by atoms with E-state index < -0.39 is 0 Å². The van der Waals surface area contributed by atoms with Gasteiger partial charge in [-0.1, -0.05) is 18.9 Å². The Morgan fingerprint density at radius 3 is 2.60 bits per heavy atom. The second-order valence-electron chi connectivity index (χ2n) is 5.87. The molecule has 20 heavy (non-hydrogen) atoms. The lowest BCUT2D eigenvalue weighted by atomic mass is 9.82. The molecule has 110 valence electrons. The molecule has 0 bridgehead atoms. The van der Waals surface area contributed by atoms with Gasteiger partial charge in [0.15, 0.2) is 0 Å². The zero-order valence-corrected chi connectivity index (χ0v) is 11.9. The lowest BCUT2D eigenvalue weighted by Gasteiger charge is -2.47. The van der Waals surface area contributed by atoms with Gasteiger partial charge in [0.05, 0.1) is 19.3 Å². The fourth-order valence-electron chi connectivity index (χ4n) is 3.80. The Balaban J connectivity index is 1.91. The average Bonchev–Trinajstić information content (AvgIpc) is 2.99. The first-order valence-corrected chi connectivity index (χ1v) is 7.53. The Hall–Kier alpha value is -1.17. The van der Waals surface area contributed by atoms with E-state index in [4.69, 9.17) is 16.2 Å². The summed E-state index contributed by atoms with van der Waals surface area (Å²) in [6, 6.07) is 3.87. The van der Waals surface area contributed by atoms with Crippen molar-refractivity contribution < 1.29 is 4.74 Å². The second kappa shape index (κ2) is 5.68. The molecule has 4 N–H and O–H groups in total. The topological polar surface area (TPSA) is 77.4 Å². The third-order valence-corrected chi connectivity index (χ3v) is 4.90. The fourth-order valence-corrected chi connectivity index (χ4v) is 3.80. The quantitative estimate of drug-likeness (QED) is 0.870. The summed E-state index contributed by atoms with van der Waals surface area (Å²) in [5, 5.41) is 0. The summed E-state index contributed by atoms with van der Waals surface area (Å²) in [5.41, 5.74) is 13.7. The van der Waals surface area contributed by atoms with Crippen molar-refractivity contribution in [1.29, 1.82) is 0 Å². The highest BCUT2D eigenvalue weighted by molar-refractivity contribution is 5.42. The van der Waals surface area contributed by atoms with Gasteiger partial charge >= 0.3 is 0 Å². The minimum atomic E-state index is -0.0724. The van der Waals surface area contributed by atoms with E-state index in [0.717, 1.165) is 44.7 Å². The highest BCUT2D eigenvalue weighted by Gasteiger charge is 2.45. The number of morpholine rings is 1. The van der Waals surface area contributed by atoms with Crippen molar-refractivity contribution >= 4 is 5.82 Å². The predicted octanol–water partition coefficient (Wildman–Crippen LogP) is 1.31. The molecule has 2 aliphatic rings. The molecular formula is C15H24N4O. The molecule has 0 spiro atoms. The molecule has 1 unspecified atom stereocenters. The van der Waals surface area contributed by atoms with E-state index in [-0.39, 0.29) is 11.6 Å². The van der Waals surface area contributed by atoms with Crippen molar-refractivity contribution in [3.05, 3.63) is 23.9 Å². The maximum absolute atomic E-state index is 6.66. The molecule has 3 rings (SSSR count). The van der Waals surface area contributed by atoms with E-state index in [1.807, 2.05) is 12.1 Å². The highest BCUT2D eigenvalue weighted by Crippen LogP contribution is 2.44. The summed E-state index contributed by atoms with van der Waals surface area (Å²) in [7, 11) is 0. The van der Waals surface area contributed by atoms with Crippen LogP contribution in [0.1, 0.15) is 37.3 Å². The summed E-state index contributed by atoms with van der Waals surface area (Å²) in [4.78, 5) is 6.73. The van der Waals surface area contributed by atoms with Crippen LogP contribution < -0.4 is 11.5 Å². The molecule has 5 heteroatoms. The van der Waals surface area contributed by atoms with Crippen LogP contribution in [0.4, 0.5) is 5.82 Å². The summed E-state index contributed by atoms with van der Waals surface area (Å²) in [5.74, 6) is 0.569. The molecule has 1 aliphatic heterocycles. The van der Waals surface area contributed by atoms with E-state index >= 15 is 0 Å². The second-order valence-corrected chi connectivity index (χ2v) is 5.87. The number of nitrogens with two attached hydrogens (primary N) is 2. The van der Waals surface area contributed by atoms with Crippen molar-refractivity contribution in [3.8, 4) is 0 Å². The van der Waals surface area contributed by atoms with Crippen molar-refractivity contribution in [2.45, 2.75) is 37.3 Å². The van der Waals surface area contributed by atoms with Crippen molar-refractivity contribution in [1.82, 2.24) is 9.88 Å². The molecule has 0 aromatic carbocycles. The molecule has 0 radical (unpaired) electrons. The molecule has 2 fully saturated rings. The van der Waals surface area contributed by atoms with Gasteiger partial charge in [-0.05, 0) is 18.9 Å². The van der Waals surface area contributed by atoms with E-state index in [0.29, 0.717) is 5.82 Å². The molecule has 1 aromatic rings. The van der Waals surface area contributed by atoms with E-state index in [1.54, 1.807) is 6.20 Å². The number of aromatic nitrogens is 1. The van der Waals surface area contributed by atoms with Crippen LogP contribution in [0.25, 0.3) is 0 Å². The highest BCUT2D eigenvalue weighted by atomic mass is 16.5. The first kappa shape index (κ1) is 13.8. The van der Waals surface area contributed by atoms with Crippen LogP contribution >= 0.6 is 0 Å². The van der Waals surface area contributed by atoms with Crippen molar-refractivity contribution in [3.63, 3.8) is 0 Å². The standard InChI is InChI=1S/C15H24N4O/c16-13(12-4-3-7-18-14(12)17)15(5-1-2-6-15)19-8-10-20-11-9-19/h3-4,7,13H,1-2,5-6,8-11,16H2,(H2,17,18). The van der Waals surface area contributed by atoms with Gasteiger partial charge in [-0.3, -0.25) is 4.90 Å². The van der Waals surface area contributed by atoms with Gasteiger partial charge in [-0.25, -0.2) is 4.98 Å². The summed E-state index contributed by atoms with van der Waals surface area (Å²) in [6.07, 6.45) is 6.49. The minimum Gasteiger partial charge on any atom is -0.383 e. The monoisotopic (exact) mass is 276 g/mol. The fraction of sp³-hybridized carbons (Fsp3) is 0.667. The number of pyridine rings is 1. The Bertz CT molecular complexity index is 453. The van der Waals surface area contributed by atoms with Gasteiger partial charge in [-0.2, -0.15) is 0 Å². The maximum Gasteiger partial charge on any atom is 0.128 e. The number of nitrogen functional groups attached to an aromatic ring is 1. The van der Waals surface area contributed by atoms with Crippen LogP contribution in [0.5, 0.6) is 0 Å². The van der Waals surface area contributed by atoms with Crippen molar-refractivity contribution in [2.75, 3.05) is 32.0 Å². The lowest BCUT2D eigenvalue weighted by Crippen LogP contribution is -2.57. The summed E-state index contributed by atoms with van der Waals surface area (Å²) < 4.78 is 5.49. The van der Waals surface area contributed by atoms with Gasteiger partial charge in [0.25, 0.3) is 0 Å². The third kappa shape index (κ3) is 2.30. The van der Waals surface area contributed by atoms with Crippen LogP contribution in [0.3, 0.4) is 0 Å². The molecule has 2 heterocycles. The summed E-state index contributed by atoms with van der Waals surface area (Å²) >= 11 is 0. The first-order chi connectivity index (χ1) is 9.74. The van der Waals surface area contributed by atoms with E-state index in [1.165, 1.54) is 12.8 Å². The van der Waals surface area contributed by atoms with Crippen LogP contribution in [0.15, 0.2) is 18.3 Å². The molecule has 1 aromatic heterocycles. The van der Waals surface area contributed by atoms with Crippen LogP contribution in [0, 0.1) is 0 Å².